The summed E-state index contributed by atoms with van der Waals surface area (Å²) >= 11 is 6.55. The molecule has 0 spiro atoms. The van der Waals surface area contributed by atoms with Crippen LogP contribution in [0, 0.1) is 0 Å². The second-order valence-corrected chi connectivity index (χ2v) is 6.94. The Morgan fingerprint density at radius 3 is 2.65 bits per heavy atom. The van der Waals surface area contributed by atoms with Gasteiger partial charge in [0.2, 0.25) is 0 Å². The van der Waals surface area contributed by atoms with E-state index in [1.54, 1.807) is 10.9 Å². The van der Waals surface area contributed by atoms with Gasteiger partial charge in [0.1, 0.15) is 12.3 Å². The first kappa shape index (κ1) is 17.2. The summed E-state index contributed by atoms with van der Waals surface area (Å²) in [6, 6.07) is 11.6. The Hall–Kier alpha value is -2.22. The predicted octanol–water partition coefficient (Wildman–Crippen LogP) is 2.30. The minimum Gasteiger partial charge on any atom is -0.467 e. The van der Waals surface area contributed by atoms with Crippen LogP contribution in [-0.4, -0.2) is 63.2 Å². The first-order valence-electron chi connectivity index (χ1n) is 8.68. The second kappa shape index (κ2) is 7.57. The molecule has 3 aromatic rings. The summed E-state index contributed by atoms with van der Waals surface area (Å²) in [5.41, 5.74) is 1.02. The molecule has 0 radical (unpaired) electrons. The van der Waals surface area contributed by atoms with Gasteiger partial charge in [-0.25, -0.2) is 4.68 Å². The molecule has 0 amide bonds. The molecule has 4 rings (SSSR count). The molecule has 2 aromatic heterocycles. The normalized spacial score (nSPS) is 17.5. The number of hydrogen-bond acceptors (Lipinski definition) is 6. The van der Waals surface area contributed by atoms with Gasteiger partial charge in [0, 0.05) is 31.2 Å². The maximum atomic E-state index is 6.55. The molecule has 1 aliphatic rings. The second-order valence-electron chi connectivity index (χ2n) is 6.54. The van der Waals surface area contributed by atoms with E-state index in [0.29, 0.717) is 6.54 Å². The lowest BCUT2D eigenvalue weighted by Gasteiger charge is -2.37. The summed E-state index contributed by atoms with van der Waals surface area (Å²) in [4.78, 5) is 4.72. The topological polar surface area (TPSA) is 63.2 Å². The number of furan rings is 1. The fourth-order valence-electron chi connectivity index (χ4n) is 3.35. The average molecular weight is 373 g/mol. The average Bonchev–Trinajstić information content (AvgIpc) is 3.31. The standard InChI is InChI=1S/C18H21ClN6O/c1-23-8-10-24(11-9-23)17(15-6-2-3-7-16(15)19)18-20-21-22-25(18)13-14-5-4-12-26-14/h2-7,12,17H,8-11,13H2,1H3/t17-/m1/s1. The lowest BCUT2D eigenvalue weighted by Crippen LogP contribution is -2.46. The van der Waals surface area contributed by atoms with Crippen molar-refractivity contribution in [2.24, 2.45) is 0 Å². The zero-order chi connectivity index (χ0) is 17.9. The number of nitrogens with zero attached hydrogens (tertiary/aromatic N) is 6. The minimum absolute atomic E-state index is 0.0950. The van der Waals surface area contributed by atoms with Crippen LogP contribution in [0.5, 0.6) is 0 Å². The fraction of sp³-hybridized carbons (Fsp3) is 0.389. The van der Waals surface area contributed by atoms with Crippen LogP contribution in [0.25, 0.3) is 0 Å². The molecule has 1 saturated heterocycles. The molecule has 1 aliphatic heterocycles. The van der Waals surface area contributed by atoms with Gasteiger partial charge < -0.3 is 9.32 Å². The molecule has 136 valence electrons. The predicted molar refractivity (Wildman–Crippen MR) is 98.0 cm³/mol. The molecule has 7 nitrogen and oxygen atoms in total. The monoisotopic (exact) mass is 372 g/mol. The Morgan fingerprint density at radius 1 is 1.12 bits per heavy atom. The Bertz CT molecular complexity index is 841. The van der Waals surface area contributed by atoms with E-state index in [1.807, 2.05) is 30.3 Å². The molecule has 3 heterocycles. The number of tetrazole rings is 1. The Kier molecular flexibility index (Phi) is 5.01. The third kappa shape index (κ3) is 3.51. The molecule has 26 heavy (non-hydrogen) atoms. The summed E-state index contributed by atoms with van der Waals surface area (Å²) in [6.45, 7) is 4.35. The highest BCUT2D eigenvalue weighted by molar-refractivity contribution is 6.31. The summed E-state index contributed by atoms with van der Waals surface area (Å²) in [7, 11) is 2.14. The van der Waals surface area contributed by atoms with Gasteiger partial charge in [0.05, 0.1) is 12.3 Å². The van der Waals surface area contributed by atoms with E-state index >= 15 is 0 Å². The highest BCUT2D eigenvalue weighted by atomic mass is 35.5. The van der Waals surface area contributed by atoms with Crippen LogP contribution >= 0.6 is 11.6 Å². The van der Waals surface area contributed by atoms with Crippen LogP contribution in [0.3, 0.4) is 0 Å². The Labute approximate surface area is 157 Å². The molecule has 1 fully saturated rings. The number of benzene rings is 1. The highest BCUT2D eigenvalue weighted by Gasteiger charge is 2.31. The summed E-state index contributed by atoms with van der Waals surface area (Å²) in [5, 5.41) is 13.2. The van der Waals surface area contributed by atoms with Gasteiger partial charge in [-0.3, -0.25) is 4.90 Å². The van der Waals surface area contributed by atoms with E-state index in [1.165, 1.54) is 0 Å². The van der Waals surface area contributed by atoms with Gasteiger partial charge in [-0.15, -0.1) is 5.10 Å². The van der Waals surface area contributed by atoms with Crippen LogP contribution in [0.1, 0.15) is 23.2 Å². The van der Waals surface area contributed by atoms with E-state index in [-0.39, 0.29) is 6.04 Å². The van der Waals surface area contributed by atoms with Crippen molar-refractivity contribution in [1.29, 1.82) is 0 Å². The molecule has 0 saturated carbocycles. The Balaban J connectivity index is 1.72. The van der Waals surface area contributed by atoms with E-state index < -0.39 is 0 Å². The molecule has 1 aromatic carbocycles. The Morgan fingerprint density at radius 2 is 1.92 bits per heavy atom. The van der Waals surface area contributed by atoms with E-state index in [9.17, 15) is 0 Å². The number of rotatable bonds is 5. The van der Waals surface area contributed by atoms with Gasteiger partial charge >= 0.3 is 0 Å². The zero-order valence-electron chi connectivity index (χ0n) is 14.6. The number of hydrogen-bond donors (Lipinski definition) is 0. The highest BCUT2D eigenvalue weighted by Crippen LogP contribution is 2.32. The first-order valence-corrected chi connectivity index (χ1v) is 9.05. The van der Waals surface area contributed by atoms with Crippen molar-refractivity contribution in [2.45, 2.75) is 12.6 Å². The molecule has 8 heteroatoms. The van der Waals surface area contributed by atoms with Crippen LogP contribution in [0.4, 0.5) is 0 Å². The summed E-state index contributed by atoms with van der Waals surface area (Å²) in [6.07, 6.45) is 1.66. The van der Waals surface area contributed by atoms with E-state index in [0.717, 1.165) is 48.3 Å². The molecule has 0 unspecified atom stereocenters. The minimum atomic E-state index is -0.0950. The van der Waals surface area contributed by atoms with E-state index in [2.05, 4.69) is 38.4 Å². The van der Waals surface area contributed by atoms with Crippen molar-refractivity contribution in [3.63, 3.8) is 0 Å². The van der Waals surface area contributed by atoms with Crippen LogP contribution < -0.4 is 0 Å². The molecule has 0 N–H and O–H groups in total. The van der Waals surface area contributed by atoms with Crippen molar-refractivity contribution in [1.82, 2.24) is 30.0 Å². The summed E-state index contributed by atoms with van der Waals surface area (Å²) < 4.78 is 7.26. The SMILES string of the molecule is CN1CCN([C@H](c2ccccc2Cl)c2nnnn2Cc2ccco2)CC1. The van der Waals surface area contributed by atoms with Crippen LogP contribution in [-0.2, 0) is 6.54 Å². The van der Waals surface area contributed by atoms with Gasteiger partial charge in [0.25, 0.3) is 0 Å². The van der Waals surface area contributed by atoms with E-state index in [4.69, 9.17) is 16.0 Å². The maximum absolute atomic E-state index is 6.55. The van der Waals surface area contributed by atoms with Crippen molar-refractivity contribution in [3.8, 4) is 0 Å². The molecule has 1 atom stereocenters. The van der Waals surface area contributed by atoms with Crippen LogP contribution in [0.15, 0.2) is 47.1 Å². The van der Waals surface area contributed by atoms with Gasteiger partial charge in [0.15, 0.2) is 5.82 Å². The zero-order valence-corrected chi connectivity index (χ0v) is 15.4. The smallest absolute Gasteiger partial charge is 0.173 e. The first-order chi connectivity index (χ1) is 12.7. The van der Waals surface area contributed by atoms with Crippen LogP contribution in [0.2, 0.25) is 5.02 Å². The van der Waals surface area contributed by atoms with Crippen molar-refractivity contribution in [2.75, 3.05) is 33.2 Å². The van der Waals surface area contributed by atoms with Crippen molar-refractivity contribution >= 4 is 11.6 Å². The quantitative estimate of drug-likeness (QED) is 0.684. The van der Waals surface area contributed by atoms with Gasteiger partial charge in [-0.2, -0.15) is 0 Å². The number of likely N-dealkylation sites (N-methyl/N-ethyl adjacent to an activating group) is 1. The third-order valence-electron chi connectivity index (χ3n) is 4.79. The molecular formula is C18H21ClN6O. The summed E-state index contributed by atoms with van der Waals surface area (Å²) in [5.74, 6) is 1.59. The molecular weight excluding hydrogens is 352 g/mol. The van der Waals surface area contributed by atoms with Crippen molar-refractivity contribution < 1.29 is 4.42 Å². The van der Waals surface area contributed by atoms with Gasteiger partial charge in [-0.05, 0) is 41.2 Å². The third-order valence-corrected chi connectivity index (χ3v) is 5.14. The lowest BCUT2D eigenvalue weighted by atomic mass is 10.0. The number of aromatic nitrogens is 4. The fourth-order valence-corrected chi connectivity index (χ4v) is 3.59. The number of halogens is 1. The largest absolute Gasteiger partial charge is 0.467 e. The molecule has 0 aliphatic carbocycles. The lowest BCUT2D eigenvalue weighted by molar-refractivity contribution is 0.121. The maximum Gasteiger partial charge on any atom is 0.173 e. The van der Waals surface area contributed by atoms with Crippen molar-refractivity contribution in [3.05, 3.63) is 64.8 Å². The molecule has 0 bridgehead atoms. The van der Waals surface area contributed by atoms with Gasteiger partial charge in [-0.1, -0.05) is 29.8 Å². The number of piperazine rings is 1.